The molecule has 0 unspecified atom stereocenters. The van der Waals surface area contributed by atoms with Gasteiger partial charge in [-0.3, -0.25) is 0 Å². The van der Waals surface area contributed by atoms with Gasteiger partial charge in [0.2, 0.25) is 0 Å². The van der Waals surface area contributed by atoms with Crippen LogP contribution >= 0.6 is 0 Å². The third-order valence-corrected chi connectivity index (χ3v) is 2.40. The van der Waals surface area contributed by atoms with E-state index in [1.165, 1.54) is 18.2 Å². The van der Waals surface area contributed by atoms with Gasteiger partial charge in [-0.15, -0.1) is 0 Å². The molecular formula is C15H18F3NO2. The molecule has 6 heteroatoms. The lowest BCUT2D eigenvalue weighted by Crippen LogP contribution is -2.27. The molecule has 116 valence electrons. The topological polar surface area (TPSA) is 38.3 Å². The molecular weight excluding hydrogens is 283 g/mol. The summed E-state index contributed by atoms with van der Waals surface area (Å²) in [7, 11) is 0. The first kappa shape index (κ1) is 17.1. The number of ether oxygens (including phenoxy) is 1. The zero-order valence-electron chi connectivity index (χ0n) is 12.3. The minimum Gasteiger partial charge on any atom is -0.455 e. The molecule has 1 aromatic rings. The standard InChI is InChI=1S/C15H18F3NO2/c1-5-12(13(20)21-14(2,3)4)19-11-8-6-10(7-9-11)15(16,17)18/h5-9,19H,1-4H3/b12-5-. The normalized spacial score (nSPS) is 13.0. The van der Waals surface area contributed by atoms with Crippen LogP contribution in [0.25, 0.3) is 0 Å². The summed E-state index contributed by atoms with van der Waals surface area (Å²) >= 11 is 0. The van der Waals surface area contributed by atoms with Gasteiger partial charge >= 0.3 is 12.1 Å². The highest BCUT2D eigenvalue weighted by molar-refractivity contribution is 5.92. The number of carbonyl (C=O) groups excluding carboxylic acids is 1. The molecule has 0 aliphatic carbocycles. The molecule has 0 amide bonds. The number of allylic oxidation sites excluding steroid dienone is 1. The Labute approximate surface area is 121 Å². The summed E-state index contributed by atoms with van der Waals surface area (Å²) in [6, 6.07) is 4.42. The van der Waals surface area contributed by atoms with Crippen LogP contribution < -0.4 is 5.32 Å². The lowest BCUT2D eigenvalue weighted by Gasteiger charge is -2.21. The maximum absolute atomic E-state index is 12.5. The number of nitrogens with one attached hydrogen (secondary N) is 1. The van der Waals surface area contributed by atoms with Gasteiger partial charge in [-0.05, 0) is 52.0 Å². The summed E-state index contributed by atoms with van der Waals surface area (Å²) < 4.78 is 42.6. The number of halogens is 3. The molecule has 1 rings (SSSR count). The number of esters is 1. The minimum atomic E-state index is -4.38. The fraction of sp³-hybridized carbons (Fsp3) is 0.400. The van der Waals surface area contributed by atoms with Crippen molar-refractivity contribution in [3.63, 3.8) is 0 Å². The summed E-state index contributed by atoms with van der Waals surface area (Å²) in [4.78, 5) is 11.9. The van der Waals surface area contributed by atoms with Gasteiger partial charge in [-0.25, -0.2) is 4.79 Å². The molecule has 0 saturated carbocycles. The van der Waals surface area contributed by atoms with E-state index in [1.54, 1.807) is 27.7 Å². The maximum atomic E-state index is 12.5. The second-order valence-electron chi connectivity index (χ2n) is 5.40. The number of carbonyl (C=O) groups is 1. The zero-order valence-corrected chi connectivity index (χ0v) is 12.3. The Hall–Kier alpha value is -1.98. The molecule has 0 saturated heterocycles. The van der Waals surface area contributed by atoms with Gasteiger partial charge in [0.25, 0.3) is 0 Å². The number of hydrogen-bond acceptors (Lipinski definition) is 3. The highest BCUT2D eigenvalue weighted by Gasteiger charge is 2.30. The van der Waals surface area contributed by atoms with Gasteiger partial charge in [-0.2, -0.15) is 13.2 Å². The summed E-state index contributed by atoms with van der Waals surface area (Å²) in [6.45, 7) is 6.83. The van der Waals surface area contributed by atoms with Crippen LogP contribution in [-0.2, 0) is 15.7 Å². The van der Waals surface area contributed by atoms with E-state index in [0.717, 1.165) is 12.1 Å². The van der Waals surface area contributed by atoms with E-state index in [1.807, 2.05) is 0 Å². The van der Waals surface area contributed by atoms with Crippen LogP contribution in [0.2, 0.25) is 0 Å². The summed E-state index contributed by atoms with van der Waals surface area (Å²) in [5.41, 5.74) is -0.841. The molecule has 0 bridgehead atoms. The molecule has 1 N–H and O–H groups in total. The van der Waals surface area contributed by atoms with E-state index in [9.17, 15) is 18.0 Å². The fourth-order valence-electron chi connectivity index (χ4n) is 1.47. The largest absolute Gasteiger partial charge is 0.455 e. The van der Waals surface area contributed by atoms with Gasteiger partial charge < -0.3 is 10.1 Å². The van der Waals surface area contributed by atoms with E-state index in [-0.39, 0.29) is 5.70 Å². The van der Waals surface area contributed by atoms with Crippen LogP contribution in [0.15, 0.2) is 36.0 Å². The average Bonchev–Trinajstić information content (AvgIpc) is 2.33. The number of benzene rings is 1. The van der Waals surface area contributed by atoms with E-state index >= 15 is 0 Å². The first-order valence-electron chi connectivity index (χ1n) is 6.37. The summed E-state index contributed by atoms with van der Waals surface area (Å²) in [6.07, 6.45) is -2.88. The Morgan fingerprint density at radius 1 is 1.14 bits per heavy atom. The van der Waals surface area contributed by atoms with Crippen molar-refractivity contribution in [2.24, 2.45) is 0 Å². The number of anilines is 1. The second kappa shape index (κ2) is 6.20. The predicted molar refractivity (Wildman–Crippen MR) is 74.7 cm³/mol. The lowest BCUT2D eigenvalue weighted by molar-refractivity contribution is -0.149. The van der Waals surface area contributed by atoms with Gasteiger partial charge in [0.1, 0.15) is 11.3 Å². The van der Waals surface area contributed by atoms with Crippen molar-refractivity contribution < 1.29 is 22.7 Å². The third-order valence-electron chi connectivity index (χ3n) is 2.40. The van der Waals surface area contributed by atoms with Crippen LogP contribution in [-0.4, -0.2) is 11.6 Å². The van der Waals surface area contributed by atoms with Crippen molar-refractivity contribution >= 4 is 11.7 Å². The van der Waals surface area contributed by atoms with Crippen molar-refractivity contribution in [3.8, 4) is 0 Å². The van der Waals surface area contributed by atoms with Crippen molar-refractivity contribution in [3.05, 3.63) is 41.6 Å². The van der Waals surface area contributed by atoms with E-state index in [4.69, 9.17) is 4.74 Å². The minimum absolute atomic E-state index is 0.171. The molecule has 0 fully saturated rings. The molecule has 1 aromatic carbocycles. The van der Waals surface area contributed by atoms with Gasteiger partial charge in [0.05, 0.1) is 5.56 Å². The molecule has 3 nitrogen and oxygen atoms in total. The molecule has 0 atom stereocenters. The summed E-state index contributed by atoms with van der Waals surface area (Å²) in [5, 5.41) is 2.75. The van der Waals surface area contributed by atoms with Crippen LogP contribution in [0, 0.1) is 0 Å². The summed E-state index contributed by atoms with van der Waals surface area (Å²) in [5.74, 6) is -0.565. The SMILES string of the molecule is C/C=C(\Nc1ccc(C(F)(F)F)cc1)C(=O)OC(C)(C)C. The smallest absolute Gasteiger partial charge is 0.416 e. The van der Waals surface area contributed by atoms with E-state index in [2.05, 4.69) is 5.32 Å². The molecule has 0 heterocycles. The molecule has 0 aliphatic heterocycles. The monoisotopic (exact) mass is 301 g/mol. The Morgan fingerprint density at radius 3 is 2.05 bits per heavy atom. The average molecular weight is 301 g/mol. The van der Waals surface area contributed by atoms with Crippen LogP contribution in [0.1, 0.15) is 33.3 Å². The lowest BCUT2D eigenvalue weighted by atomic mass is 10.2. The Morgan fingerprint density at radius 2 is 1.67 bits per heavy atom. The Balaban J connectivity index is 2.82. The van der Waals surface area contributed by atoms with E-state index < -0.39 is 23.3 Å². The molecule has 0 aliphatic rings. The van der Waals surface area contributed by atoms with E-state index in [0.29, 0.717) is 5.69 Å². The number of alkyl halides is 3. The van der Waals surface area contributed by atoms with Crippen LogP contribution in [0.4, 0.5) is 18.9 Å². The third kappa shape index (κ3) is 5.49. The number of rotatable bonds is 3. The van der Waals surface area contributed by atoms with Gasteiger partial charge in [0.15, 0.2) is 0 Å². The van der Waals surface area contributed by atoms with Gasteiger partial charge in [0, 0.05) is 5.69 Å². The first-order chi connectivity index (χ1) is 9.53. The Kier molecular flexibility index (Phi) is 5.04. The van der Waals surface area contributed by atoms with Crippen molar-refractivity contribution in [2.75, 3.05) is 5.32 Å². The maximum Gasteiger partial charge on any atom is 0.416 e. The zero-order chi connectivity index (χ0) is 16.3. The molecule has 0 radical (unpaired) electrons. The van der Waals surface area contributed by atoms with Crippen molar-refractivity contribution in [1.82, 2.24) is 0 Å². The van der Waals surface area contributed by atoms with Gasteiger partial charge in [-0.1, -0.05) is 6.08 Å². The highest BCUT2D eigenvalue weighted by atomic mass is 19.4. The first-order valence-corrected chi connectivity index (χ1v) is 6.37. The fourth-order valence-corrected chi connectivity index (χ4v) is 1.47. The Bertz CT molecular complexity index is 525. The second-order valence-corrected chi connectivity index (χ2v) is 5.40. The molecule has 21 heavy (non-hydrogen) atoms. The number of hydrogen-bond donors (Lipinski definition) is 1. The quantitative estimate of drug-likeness (QED) is 0.666. The van der Waals surface area contributed by atoms with Crippen molar-refractivity contribution in [1.29, 1.82) is 0 Å². The van der Waals surface area contributed by atoms with Crippen LogP contribution in [0.5, 0.6) is 0 Å². The highest BCUT2D eigenvalue weighted by Crippen LogP contribution is 2.30. The van der Waals surface area contributed by atoms with Crippen molar-refractivity contribution in [2.45, 2.75) is 39.5 Å². The molecule has 0 aromatic heterocycles. The molecule has 0 spiro atoms. The van der Waals surface area contributed by atoms with Crippen LogP contribution in [0.3, 0.4) is 0 Å². The predicted octanol–water partition coefficient (Wildman–Crippen LogP) is 4.36.